The SMILES string of the molecule is CCC(C)c1ccccc1N1CC(C(=O)NCCCN)CC1=O. The van der Waals surface area contributed by atoms with Crippen LogP contribution < -0.4 is 16.0 Å². The Bertz CT molecular complexity index is 559. The highest BCUT2D eigenvalue weighted by atomic mass is 16.2. The summed E-state index contributed by atoms with van der Waals surface area (Å²) >= 11 is 0. The van der Waals surface area contributed by atoms with Crippen molar-refractivity contribution in [3.05, 3.63) is 29.8 Å². The third kappa shape index (κ3) is 4.10. The number of hydrogen-bond acceptors (Lipinski definition) is 3. The van der Waals surface area contributed by atoms with Gasteiger partial charge in [0.05, 0.1) is 5.92 Å². The van der Waals surface area contributed by atoms with Crippen LogP contribution in [0.4, 0.5) is 5.69 Å². The topological polar surface area (TPSA) is 75.4 Å². The van der Waals surface area contributed by atoms with Crippen molar-refractivity contribution >= 4 is 17.5 Å². The largest absolute Gasteiger partial charge is 0.356 e. The molecule has 0 radical (unpaired) electrons. The molecule has 23 heavy (non-hydrogen) atoms. The van der Waals surface area contributed by atoms with Gasteiger partial charge in [-0.15, -0.1) is 0 Å². The molecule has 5 heteroatoms. The highest BCUT2D eigenvalue weighted by molar-refractivity contribution is 6.00. The Labute approximate surface area is 138 Å². The van der Waals surface area contributed by atoms with Gasteiger partial charge in [0.15, 0.2) is 0 Å². The third-order valence-corrected chi connectivity index (χ3v) is 4.55. The summed E-state index contributed by atoms with van der Waals surface area (Å²) in [5.41, 5.74) is 7.55. The van der Waals surface area contributed by atoms with E-state index in [1.54, 1.807) is 4.90 Å². The molecule has 1 aromatic rings. The Morgan fingerprint density at radius 3 is 2.87 bits per heavy atom. The van der Waals surface area contributed by atoms with Gasteiger partial charge >= 0.3 is 0 Å². The molecule has 1 aromatic carbocycles. The normalized spacial score (nSPS) is 19.0. The Balaban J connectivity index is 2.10. The first-order valence-corrected chi connectivity index (χ1v) is 8.45. The third-order valence-electron chi connectivity index (χ3n) is 4.55. The highest BCUT2D eigenvalue weighted by Gasteiger charge is 2.35. The molecule has 1 fully saturated rings. The molecule has 126 valence electrons. The lowest BCUT2D eigenvalue weighted by molar-refractivity contribution is -0.126. The molecule has 0 aromatic heterocycles. The minimum absolute atomic E-state index is 0.0275. The summed E-state index contributed by atoms with van der Waals surface area (Å²) in [5, 5.41) is 2.87. The molecule has 2 unspecified atom stereocenters. The van der Waals surface area contributed by atoms with E-state index in [1.807, 2.05) is 18.2 Å². The summed E-state index contributed by atoms with van der Waals surface area (Å²) in [7, 11) is 0. The molecule has 1 saturated heterocycles. The average Bonchev–Trinajstić information content (AvgIpc) is 2.96. The minimum Gasteiger partial charge on any atom is -0.356 e. The Morgan fingerprint density at radius 1 is 1.43 bits per heavy atom. The molecular weight excluding hydrogens is 290 g/mol. The van der Waals surface area contributed by atoms with Crippen molar-refractivity contribution in [3.8, 4) is 0 Å². The van der Waals surface area contributed by atoms with E-state index in [4.69, 9.17) is 5.73 Å². The first-order valence-electron chi connectivity index (χ1n) is 8.45. The first kappa shape index (κ1) is 17.5. The van der Waals surface area contributed by atoms with E-state index in [1.165, 1.54) is 5.56 Å². The molecule has 1 aliphatic heterocycles. The number of carbonyl (C=O) groups is 2. The molecule has 2 atom stereocenters. The van der Waals surface area contributed by atoms with Crippen molar-refractivity contribution in [1.29, 1.82) is 0 Å². The quantitative estimate of drug-likeness (QED) is 0.756. The zero-order chi connectivity index (χ0) is 16.8. The molecule has 0 saturated carbocycles. The number of carbonyl (C=O) groups excluding carboxylic acids is 2. The van der Waals surface area contributed by atoms with Crippen LogP contribution >= 0.6 is 0 Å². The Morgan fingerprint density at radius 2 is 2.17 bits per heavy atom. The van der Waals surface area contributed by atoms with Crippen LogP contribution in [0.1, 0.15) is 44.6 Å². The molecule has 0 spiro atoms. The van der Waals surface area contributed by atoms with Crippen LogP contribution in [0.3, 0.4) is 0 Å². The predicted octanol–water partition coefficient (Wildman–Crippen LogP) is 2.02. The number of para-hydroxylation sites is 1. The zero-order valence-corrected chi connectivity index (χ0v) is 14.0. The Kier molecular flexibility index (Phi) is 6.16. The fraction of sp³-hybridized carbons (Fsp3) is 0.556. The molecule has 0 aliphatic carbocycles. The Hall–Kier alpha value is -1.88. The molecular formula is C18H27N3O2. The van der Waals surface area contributed by atoms with Crippen LogP contribution in [0, 0.1) is 5.92 Å². The van der Waals surface area contributed by atoms with E-state index in [0.717, 1.165) is 18.5 Å². The van der Waals surface area contributed by atoms with E-state index in [2.05, 4.69) is 25.2 Å². The van der Waals surface area contributed by atoms with Crippen LogP contribution in [0.15, 0.2) is 24.3 Å². The van der Waals surface area contributed by atoms with Gasteiger partial charge in [-0.3, -0.25) is 9.59 Å². The van der Waals surface area contributed by atoms with Gasteiger partial charge in [-0.2, -0.15) is 0 Å². The van der Waals surface area contributed by atoms with Crippen LogP contribution in [-0.2, 0) is 9.59 Å². The van der Waals surface area contributed by atoms with E-state index in [-0.39, 0.29) is 24.2 Å². The van der Waals surface area contributed by atoms with E-state index >= 15 is 0 Å². The summed E-state index contributed by atoms with van der Waals surface area (Å²) in [5.74, 6) is 0.0942. The number of hydrogen-bond donors (Lipinski definition) is 2. The standard InChI is InChI=1S/C18H27N3O2/c1-3-13(2)15-7-4-5-8-16(15)21-12-14(11-17(21)22)18(23)20-10-6-9-19/h4-5,7-8,13-14H,3,6,9-12,19H2,1-2H3,(H,20,23). The van der Waals surface area contributed by atoms with Gasteiger partial charge < -0.3 is 16.0 Å². The van der Waals surface area contributed by atoms with Crippen molar-refractivity contribution in [3.63, 3.8) is 0 Å². The summed E-state index contributed by atoms with van der Waals surface area (Å²) in [4.78, 5) is 26.4. The fourth-order valence-corrected chi connectivity index (χ4v) is 2.94. The maximum atomic E-state index is 12.4. The highest BCUT2D eigenvalue weighted by Crippen LogP contribution is 2.33. The number of anilines is 1. The molecule has 5 nitrogen and oxygen atoms in total. The van der Waals surface area contributed by atoms with Gasteiger partial charge in [0.25, 0.3) is 0 Å². The number of benzene rings is 1. The van der Waals surface area contributed by atoms with Crippen molar-refractivity contribution in [2.24, 2.45) is 11.7 Å². The summed E-state index contributed by atoms with van der Waals surface area (Å²) in [6.45, 7) is 5.89. The second-order valence-corrected chi connectivity index (χ2v) is 6.21. The lowest BCUT2D eigenvalue weighted by atomic mass is 9.96. The number of amides is 2. The number of nitrogens with zero attached hydrogens (tertiary/aromatic N) is 1. The van der Waals surface area contributed by atoms with Gasteiger partial charge in [-0.1, -0.05) is 32.0 Å². The van der Waals surface area contributed by atoms with Gasteiger partial charge in [0.1, 0.15) is 0 Å². The molecule has 2 rings (SSSR count). The number of nitrogens with one attached hydrogen (secondary N) is 1. The van der Waals surface area contributed by atoms with E-state index < -0.39 is 0 Å². The monoisotopic (exact) mass is 317 g/mol. The van der Waals surface area contributed by atoms with Crippen LogP contribution in [0.5, 0.6) is 0 Å². The minimum atomic E-state index is -0.273. The first-order chi connectivity index (χ1) is 11.1. The summed E-state index contributed by atoms with van der Waals surface area (Å²) < 4.78 is 0. The lowest BCUT2D eigenvalue weighted by Gasteiger charge is -2.23. The molecule has 1 aliphatic rings. The van der Waals surface area contributed by atoms with E-state index in [0.29, 0.717) is 25.6 Å². The maximum Gasteiger partial charge on any atom is 0.227 e. The number of nitrogens with two attached hydrogens (primary N) is 1. The summed E-state index contributed by atoms with van der Waals surface area (Å²) in [6.07, 6.45) is 2.05. The van der Waals surface area contributed by atoms with Crippen molar-refractivity contribution in [1.82, 2.24) is 5.32 Å². The van der Waals surface area contributed by atoms with Crippen molar-refractivity contribution < 1.29 is 9.59 Å². The van der Waals surface area contributed by atoms with Gasteiger partial charge in [0, 0.05) is 25.2 Å². The predicted molar refractivity (Wildman–Crippen MR) is 92.3 cm³/mol. The van der Waals surface area contributed by atoms with Crippen LogP contribution in [-0.4, -0.2) is 31.4 Å². The van der Waals surface area contributed by atoms with Crippen LogP contribution in [0.2, 0.25) is 0 Å². The summed E-state index contributed by atoms with van der Waals surface area (Å²) in [6, 6.07) is 8.01. The van der Waals surface area contributed by atoms with Gasteiger partial charge in [-0.05, 0) is 36.9 Å². The average molecular weight is 317 g/mol. The van der Waals surface area contributed by atoms with Crippen molar-refractivity contribution in [2.45, 2.75) is 39.0 Å². The smallest absolute Gasteiger partial charge is 0.227 e. The zero-order valence-electron chi connectivity index (χ0n) is 14.0. The number of rotatable bonds is 7. The van der Waals surface area contributed by atoms with Gasteiger partial charge in [-0.25, -0.2) is 0 Å². The second kappa shape index (κ2) is 8.11. The van der Waals surface area contributed by atoms with Gasteiger partial charge in [0.2, 0.25) is 11.8 Å². The van der Waals surface area contributed by atoms with Crippen molar-refractivity contribution in [2.75, 3.05) is 24.5 Å². The molecule has 1 heterocycles. The lowest BCUT2D eigenvalue weighted by Crippen LogP contribution is -2.34. The van der Waals surface area contributed by atoms with E-state index in [9.17, 15) is 9.59 Å². The second-order valence-electron chi connectivity index (χ2n) is 6.21. The van der Waals surface area contributed by atoms with Crippen LogP contribution in [0.25, 0.3) is 0 Å². The molecule has 0 bridgehead atoms. The fourth-order valence-electron chi connectivity index (χ4n) is 2.94. The molecule has 3 N–H and O–H groups in total. The molecule has 2 amide bonds. The maximum absolute atomic E-state index is 12.4.